The van der Waals surface area contributed by atoms with E-state index in [2.05, 4.69) is 161 Å². The first-order valence-corrected chi connectivity index (χ1v) is 16.7. The van der Waals surface area contributed by atoms with Crippen molar-refractivity contribution in [2.24, 2.45) is 0 Å². The van der Waals surface area contributed by atoms with Crippen LogP contribution < -0.4 is 0 Å². The van der Waals surface area contributed by atoms with Crippen LogP contribution in [0.2, 0.25) is 0 Å². The van der Waals surface area contributed by atoms with E-state index < -0.39 is 0 Å². The fourth-order valence-electron chi connectivity index (χ4n) is 7.60. The van der Waals surface area contributed by atoms with E-state index in [0.717, 1.165) is 71.3 Å². The highest BCUT2D eigenvalue weighted by Gasteiger charge is 2.24. The first-order valence-electron chi connectivity index (χ1n) is 16.7. The van der Waals surface area contributed by atoms with E-state index in [-0.39, 0.29) is 0 Å². The molecule has 0 amide bonds. The SMILES string of the molecule is c1ccc2cc(-c3nc(-c4ccc5ccccc5c4)nc(-n4c5ccccc5c5c6ccccc6c6nc7ccccc7n6c54)n3)ccc2c1. The number of hydrogen-bond acceptors (Lipinski definition) is 4. The van der Waals surface area contributed by atoms with Crippen LogP contribution in [0.3, 0.4) is 0 Å². The lowest BCUT2D eigenvalue weighted by Gasteiger charge is -2.13. The first-order chi connectivity index (χ1) is 24.8. The average Bonchev–Trinajstić information content (AvgIpc) is 3.74. The summed E-state index contributed by atoms with van der Waals surface area (Å²) in [6.07, 6.45) is 0. The number of imidazole rings is 1. The summed E-state index contributed by atoms with van der Waals surface area (Å²) >= 11 is 0. The number of fused-ring (bicyclic) bond motifs is 12. The molecular weight excluding hydrogens is 613 g/mol. The fraction of sp³-hybridized carbons (Fsp3) is 0. The number of para-hydroxylation sites is 3. The molecule has 0 aliphatic carbocycles. The largest absolute Gasteiger partial charge is 0.277 e. The molecule has 11 aromatic rings. The molecule has 0 radical (unpaired) electrons. The number of aromatic nitrogens is 6. The van der Waals surface area contributed by atoms with Crippen molar-refractivity contribution in [1.82, 2.24) is 28.9 Å². The molecule has 50 heavy (non-hydrogen) atoms. The zero-order valence-corrected chi connectivity index (χ0v) is 26.7. The summed E-state index contributed by atoms with van der Waals surface area (Å²) in [6, 6.07) is 55.0. The molecule has 6 heteroatoms. The van der Waals surface area contributed by atoms with Crippen molar-refractivity contribution in [3.8, 4) is 28.7 Å². The quantitative estimate of drug-likeness (QED) is 0.193. The second-order valence-electron chi connectivity index (χ2n) is 12.8. The second kappa shape index (κ2) is 10.3. The van der Waals surface area contributed by atoms with Gasteiger partial charge < -0.3 is 0 Å². The first kappa shape index (κ1) is 27.1. The van der Waals surface area contributed by atoms with E-state index in [1.807, 2.05) is 6.07 Å². The Labute approximate surface area is 285 Å². The van der Waals surface area contributed by atoms with E-state index >= 15 is 0 Å². The van der Waals surface area contributed by atoms with Crippen LogP contribution in [0.25, 0.3) is 99.7 Å². The number of nitrogens with zero attached hydrogens (tertiary/aromatic N) is 6. The fourth-order valence-corrected chi connectivity index (χ4v) is 7.60. The summed E-state index contributed by atoms with van der Waals surface area (Å²) < 4.78 is 4.48. The van der Waals surface area contributed by atoms with Crippen LogP contribution in [0, 0.1) is 0 Å². The van der Waals surface area contributed by atoms with Gasteiger partial charge in [-0.25, -0.2) is 9.97 Å². The Kier molecular flexibility index (Phi) is 5.57. The number of benzene rings is 7. The molecule has 0 saturated heterocycles. The van der Waals surface area contributed by atoms with Gasteiger partial charge in [-0.2, -0.15) is 9.97 Å². The molecule has 4 heterocycles. The molecule has 232 valence electrons. The Morgan fingerprint density at radius 1 is 0.400 bits per heavy atom. The van der Waals surface area contributed by atoms with Crippen LogP contribution in [0.5, 0.6) is 0 Å². The van der Waals surface area contributed by atoms with Gasteiger partial charge in [0.1, 0.15) is 11.3 Å². The zero-order valence-electron chi connectivity index (χ0n) is 26.7. The van der Waals surface area contributed by atoms with Crippen LogP contribution in [0.15, 0.2) is 158 Å². The standard InChI is InChI=1S/C44H26N6/c1-3-13-29-25-31(23-21-27(29)11-1)40-46-41(32-24-22-28-12-2-4-14-30(28)26-32)48-44(47-40)50-37-19-9-7-17-35(37)39-33-15-5-6-16-34(33)42-45-36-18-8-10-20-38(36)49(42)43(39)50/h1-26H. The topological polar surface area (TPSA) is 60.9 Å². The minimum atomic E-state index is 0.548. The minimum absolute atomic E-state index is 0.548. The molecule has 4 aromatic heterocycles. The van der Waals surface area contributed by atoms with Gasteiger partial charge in [0.25, 0.3) is 0 Å². The summed E-state index contributed by atoms with van der Waals surface area (Å²) in [5.41, 5.74) is 6.70. The van der Waals surface area contributed by atoms with E-state index in [9.17, 15) is 0 Å². The van der Waals surface area contributed by atoms with E-state index in [1.54, 1.807) is 0 Å². The molecule has 0 N–H and O–H groups in total. The van der Waals surface area contributed by atoms with Crippen LogP contribution >= 0.6 is 0 Å². The summed E-state index contributed by atoms with van der Waals surface area (Å²) in [4.78, 5) is 20.9. The second-order valence-corrected chi connectivity index (χ2v) is 12.8. The van der Waals surface area contributed by atoms with E-state index in [0.29, 0.717) is 17.6 Å². The normalized spacial score (nSPS) is 12.0. The van der Waals surface area contributed by atoms with Gasteiger partial charge in [0, 0.05) is 27.3 Å². The predicted molar refractivity (Wildman–Crippen MR) is 204 cm³/mol. The molecule has 0 saturated carbocycles. The van der Waals surface area contributed by atoms with E-state index in [1.165, 1.54) is 10.8 Å². The molecular formula is C44H26N6. The molecule has 0 unspecified atom stereocenters. The lowest BCUT2D eigenvalue weighted by Crippen LogP contribution is -2.08. The van der Waals surface area contributed by atoms with Gasteiger partial charge in [0.15, 0.2) is 11.6 Å². The predicted octanol–water partition coefficient (Wildman–Crippen LogP) is 10.6. The van der Waals surface area contributed by atoms with Gasteiger partial charge in [-0.15, -0.1) is 0 Å². The average molecular weight is 639 g/mol. The van der Waals surface area contributed by atoms with Crippen molar-refractivity contribution in [2.75, 3.05) is 0 Å². The molecule has 0 spiro atoms. The molecule has 0 bridgehead atoms. The van der Waals surface area contributed by atoms with Crippen LogP contribution in [-0.2, 0) is 0 Å². The highest BCUT2D eigenvalue weighted by molar-refractivity contribution is 6.23. The van der Waals surface area contributed by atoms with Crippen molar-refractivity contribution >= 4 is 70.9 Å². The van der Waals surface area contributed by atoms with Gasteiger partial charge in [-0.05, 0) is 57.3 Å². The smallest absolute Gasteiger partial charge is 0.239 e. The molecule has 11 rings (SSSR count). The Hall–Kier alpha value is -6.92. The third kappa shape index (κ3) is 3.90. The van der Waals surface area contributed by atoms with E-state index in [4.69, 9.17) is 19.9 Å². The van der Waals surface area contributed by atoms with Crippen LogP contribution in [0.4, 0.5) is 0 Å². The zero-order chi connectivity index (χ0) is 32.8. The van der Waals surface area contributed by atoms with Crippen molar-refractivity contribution in [1.29, 1.82) is 0 Å². The van der Waals surface area contributed by atoms with Crippen molar-refractivity contribution in [2.45, 2.75) is 0 Å². The molecule has 6 nitrogen and oxygen atoms in total. The highest BCUT2D eigenvalue weighted by Crippen LogP contribution is 2.40. The third-order valence-electron chi connectivity index (χ3n) is 9.90. The van der Waals surface area contributed by atoms with Crippen molar-refractivity contribution in [3.05, 3.63) is 158 Å². The number of hydrogen-bond donors (Lipinski definition) is 0. The lowest BCUT2D eigenvalue weighted by molar-refractivity contribution is 0.941. The minimum Gasteiger partial charge on any atom is -0.277 e. The maximum Gasteiger partial charge on any atom is 0.239 e. The summed E-state index contributed by atoms with van der Waals surface area (Å²) in [7, 11) is 0. The molecule has 0 atom stereocenters. The monoisotopic (exact) mass is 638 g/mol. The Morgan fingerprint density at radius 3 is 1.62 bits per heavy atom. The number of pyridine rings is 1. The molecule has 0 aliphatic heterocycles. The lowest BCUT2D eigenvalue weighted by atomic mass is 10.1. The van der Waals surface area contributed by atoms with Crippen LogP contribution in [-0.4, -0.2) is 28.9 Å². The number of rotatable bonds is 3. The maximum atomic E-state index is 5.30. The highest BCUT2D eigenvalue weighted by atomic mass is 15.2. The molecule has 0 aliphatic rings. The third-order valence-corrected chi connectivity index (χ3v) is 9.90. The van der Waals surface area contributed by atoms with Gasteiger partial charge >= 0.3 is 0 Å². The molecule has 7 aromatic carbocycles. The van der Waals surface area contributed by atoms with Gasteiger partial charge in [0.2, 0.25) is 5.95 Å². The summed E-state index contributed by atoms with van der Waals surface area (Å²) in [6.45, 7) is 0. The molecule has 0 fully saturated rings. The Bertz CT molecular complexity index is 3070. The van der Waals surface area contributed by atoms with Crippen LogP contribution in [0.1, 0.15) is 0 Å². The summed E-state index contributed by atoms with van der Waals surface area (Å²) in [5, 5.41) is 9.10. The van der Waals surface area contributed by atoms with Crippen molar-refractivity contribution in [3.63, 3.8) is 0 Å². The maximum absolute atomic E-state index is 5.30. The van der Waals surface area contributed by atoms with Crippen molar-refractivity contribution < 1.29 is 0 Å². The summed E-state index contributed by atoms with van der Waals surface area (Å²) in [5.74, 6) is 1.77. The van der Waals surface area contributed by atoms with Gasteiger partial charge in [-0.1, -0.05) is 127 Å². The van der Waals surface area contributed by atoms with Gasteiger partial charge in [0.05, 0.1) is 16.6 Å². The van der Waals surface area contributed by atoms with Gasteiger partial charge in [-0.3, -0.25) is 8.97 Å². The Morgan fingerprint density at radius 2 is 0.940 bits per heavy atom. The Balaban J connectivity index is 1.30.